The lowest BCUT2D eigenvalue weighted by atomic mass is 9.93. The van der Waals surface area contributed by atoms with Crippen molar-refractivity contribution in [1.29, 1.82) is 0 Å². The number of ether oxygens (including phenoxy) is 2. The van der Waals surface area contributed by atoms with Crippen LogP contribution in [0.1, 0.15) is 34.1 Å². The Hall–Kier alpha value is -0.0800. The van der Waals surface area contributed by atoms with Crippen LogP contribution in [0.15, 0.2) is 0 Å². The Morgan fingerprint density at radius 1 is 1.31 bits per heavy atom. The van der Waals surface area contributed by atoms with E-state index in [1.54, 1.807) is 0 Å². The van der Waals surface area contributed by atoms with Crippen molar-refractivity contribution >= 4 is 0 Å². The fourth-order valence-corrected chi connectivity index (χ4v) is 1.61. The molecule has 0 aromatic carbocycles. The summed E-state index contributed by atoms with van der Waals surface area (Å²) in [6.07, 6.45) is 1.83. The molecule has 0 aromatic rings. The maximum Gasteiger partial charge on any atom is 0.0812 e. The lowest BCUT2D eigenvalue weighted by Gasteiger charge is -2.13. The highest BCUT2D eigenvalue weighted by Crippen LogP contribution is 2.26. The fourth-order valence-electron chi connectivity index (χ4n) is 1.61. The van der Waals surface area contributed by atoms with Gasteiger partial charge in [0, 0.05) is 0 Å². The Balaban J connectivity index is 2.17. The fraction of sp³-hybridized carbons (Fsp3) is 1.00. The Kier molecular flexibility index (Phi) is 4.20. The van der Waals surface area contributed by atoms with E-state index in [1.165, 1.54) is 6.42 Å². The molecule has 1 aliphatic heterocycles. The highest BCUT2D eigenvalue weighted by Gasteiger charge is 2.27. The van der Waals surface area contributed by atoms with Crippen molar-refractivity contribution in [2.75, 3.05) is 13.2 Å². The molecule has 0 bridgehead atoms. The van der Waals surface area contributed by atoms with Crippen LogP contribution < -0.4 is 0 Å². The minimum Gasteiger partial charge on any atom is -0.376 e. The summed E-state index contributed by atoms with van der Waals surface area (Å²) in [4.78, 5) is 0. The van der Waals surface area contributed by atoms with Gasteiger partial charge in [-0.15, -0.1) is 0 Å². The second-order valence-electron chi connectivity index (χ2n) is 4.58. The molecule has 0 radical (unpaired) electrons. The summed E-state index contributed by atoms with van der Waals surface area (Å²) in [5, 5.41) is 0. The first kappa shape index (κ1) is 11.0. The lowest BCUT2D eigenvalue weighted by molar-refractivity contribution is -0.00817. The van der Waals surface area contributed by atoms with Gasteiger partial charge in [-0.1, -0.05) is 13.8 Å². The molecule has 0 spiro atoms. The van der Waals surface area contributed by atoms with Crippen molar-refractivity contribution in [3.63, 3.8) is 0 Å². The molecule has 78 valence electrons. The lowest BCUT2D eigenvalue weighted by Crippen LogP contribution is -2.18. The summed E-state index contributed by atoms with van der Waals surface area (Å²) in [6, 6.07) is 0. The van der Waals surface area contributed by atoms with E-state index in [-0.39, 0.29) is 0 Å². The van der Waals surface area contributed by atoms with Crippen LogP contribution >= 0.6 is 0 Å². The van der Waals surface area contributed by atoms with Gasteiger partial charge in [0.05, 0.1) is 25.4 Å². The first-order valence-corrected chi connectivity index (χ1v) is 5.32. The molecule has 13 heavy (non-hydrogen) atoms. The zero-order valence-corrected chi connectivity index (χ0v) is 9.25. The Morgan fingerprint density at radius 3 is 2.46 bits per heavy atom. The average molecular weight is 186 g/mol. The first-order valence-electron chi connectivity index (χ1n) is 5.32. The summed E-state index contributed by atoms with van der Waals surface area (Å²) in [5.41, 5.74) is 0. The minimum absolute atomic E-state index is 0.321. The van der Waals surface area contributed by atoms with Crippen molar-refractivity contribution in [2.45, 2.75) is 46.3 Å². The van der Waals surface area contributed by atoms with Crippen molar-refractivity contribution in [2.24, 2.45) is 11.8 Å². The van der Waals surface area contributed by atoms with Gasteiger partial charge in [-0.05, 0) is 32.1 Å². The van der Waals surface area contributed by atoms with Gasteiger partial charge in [-0.2, -0.15) is 0 Å². The summed E-state index contributed by atoms with van der Waals surface area (Å²) >= 11 is 0. The number of hydrogen-bond acceptors (Lipinski definition) is 2. The van der Waals surface area contributed by atoms with Crippen molar-refractivity contribution in [3.05, 3.63) is 0 Å². The van der Waals surface area contributed by atoms with E-state index in [2.05, 4.69) is 27.7 Å². The smallest absolute Gasteiger partial charge is 0.0812 e. The topological polar surface area (TPSA) is 18.5 Å². The van der Waals surface area contributed by atoms with Gasteiger partial charge in [0.2, 0.25) is 0 Å². The van der Waals surface area contributed by atoms with Crippen molar-refractivity contribution in [3.8, 4) is 0 Å². The van der Waals surface area contributed by atoms with Crippen LogP contribution in [0.2, 0.25) is 0 Å². The van der Waals surface area contributed by atoms with E-state index in [9.17, 15) is 0 Å². The van der Waals surface area contributed by atoms with Crippen LogP contribution in [0, 0.1) is 11.8 Å². The predicted octanol–water partition coefficient (Wildman–Crippen LogP) is 2.47. The second-order valence-corrected chi connectivity index (χ2v) is 4.58. The summed E-state index contributed by atoms with van der Waals surface area (Å²) in [5.74, 6) is 1.48. The summed E-state index contributed by atoms with van der Waals surface area (Å²) in [6.45, 7) is 10.3. The molecular weight excluding hydrogens is 164 g/mol. The minimum atomic E-state index is 0.321. The van der Waals surface area contributed by atoms with E-state index in [0.29, 0.717) is 12.2 Å². The zero-order chi connectivity index (χ0) is 9.84. The molecule has 2 nitrogen and oxygen atoms in total. The molecule has 1 aliphatic rings. The van der Waals surface area contributed by atoms with E-state index >= 15 is 0 Å². The van der Waals surface area contributed by atoms with Crippen molar-refractivity contribution in [1.82, 2.24) is 0 Å². The van der Waals surface area contributed by atoms with E-state index in [4.69, 9.17) is 9.47 Å². The number of rotatable bonds is 4. The average Bonchev–Trinajstić information content (AvgIpc) is 2.48. The van der Waals surface area contributed by atoms with Crippen LogP contribution in [0.4, 0.5) is 0 Å². The van der Waals surface area contributed by atoms with Crippen LogP contribution in [0.25, 0.3) is 0 Å². The maximum absolute atomic E-state index is 5.65. The normalized spacial score (nSPS) is 29.1. The SMILES string of the molecule is CC(C)OC[C@@H]1C[C@@H](C(C)C)CO1. The highest BCUT2D eigenvalue weighted by molar-refractivity contribution is 4.75. The monoisotopic (exact) mass is 186 g/mol. The Morgan fingerprint density at radius 2 is 2.00 bits per heavy atom. The van der Waals surface area contributed by atoms with Gasteiger partial charge < -0.3 is 9.47 Å². The zero-order valence-electron chi connectivity index (χ0n) is 9.25. The third kappa shape index (κ3) is 3.65. The van der Waals surface area contributed by atoms with Crippen LogP contribution in [-0.2, 0) is 9.47 Å². The third-order valence-corrected chi connectivity index (χ3v) is 2.67. The van der Waals surface area contributed by atoms with E-state index < -0.39 is 0 Å². The van der Waals surface area contributed by atoms with Gasteiger partial charge >= 0.3 is 0 Å². The standard InChI is InChI=1S/C11H22O2/c1-8(2)10-5-11(13-6-10)7-12-9(3)4/h8-11H,5-7H2,1-4H3/t10-,11+/m1/s1. The van der Waals surface area contributed by atoms with Crippen LogP contribution in [-0.4, -0.2) is 25.4 Å². The summed E-state index contributed by atoms with van der Waals surface area (Å²) < 4.78 is 11.2. The molecule has 0 N–H and O–H groups in total. The van der Waals surface area contributed by atoms with Crippen LogP contribution in [0.3, 0.4) is 0 Å². The Bertz CT molecular complexity index is 143. The molecule has 0 aliphatic carbocycles. The largest absolute Gasteiger partial charge is 0.376 e. The third-order valence-electron chi connectivity index (χ3n) is 2.67. The molecule has 1 fully saturated rings. The molecular formula is C11H22O2. The van der Waals surface area contributed by atoms with E-state index in [1.807, 2.05) is 0 Å². The summed E-state index contributed by atoms with van der Waals surface area (Å²) in [7, 11) is 0. The van der Waals surface area contributed by atoms with Gasteiger partial charge in [0.15, 0.2) is 0 Å². The maximum atomic E-state index is 5.65. The Labute approximate surface area is 81.6 Å². The molecule has 0 aromatic heterocycles. The van der Waals surface area contributed by atoms with Gasteiger partial charge in [-0.25, -0.2) is 0 Å². The molecule has 0 unspecified atom stereocenters. The van der Waals surface area contributed by atoms with Gasteiger partial charge in [-0.3, -0.25) is 0 Å². The first-order chi connectivity index (χ1) is 6.09. The molecule has 2 atom stereocenters. The van der Waals surface area contributed by atoms with Gasteiger partial charge in [0.25, 0.3) is 0 Å². The van der Waals surface area contributed by atoms with Crippen molar-refractivity contribution < 1.29 is 9.47 Å². The number of hydrogen-bond donors (Lipinski definition) is 0. The quantitative estimate of drug-likeness (QED) is 0.671. The van der Waals surface area contributed by atoms with Gasteiger partial charge in [0.1, 0.15) is 0 Å². The molecule has 0 saturated carbocycles. The molecule has 1 rings (SSSR count). The molecule has 0 amide bonds. The van der Waals surface area contributed by atoms with Crippen LogP contribution in [0.5, 0.6) is 0 Å². The highest BCUT2D eigenvalue weighted by atomic mass is 16.5. The molecule has 2 heteroatoms. The second kappa shape index (κ2) is 4.97. The van der Waals surface area contributed by atoms with E-state index in [0.717, 1.165) is 25.0 Å². The predicted molar refractivity (Wildman–Crippen MR) is 53.8 cm³/mol. The molecule has 1 heterocycles. The molecule has 1 saturated heterocycles.